The Morgan fingerprint density at radius 2 is 1.70 bits per heavy atom. The highest BCUT2D eigenvalue weighted by atomic mass is 16.7. The zero-order chi connectivity index (χ0) is 18.9. The van der Waals surface area contributed by atoms with E-state index in [1.54, 1.807) is 20.3 Å². The fraction of sp³-hybridized carbons (Fsp3) is 0.429. The summed E-state index contributed by atoms with van der Waals surface area (Å²) in [6.07, 6.45) is -0.213. The van der Waals surface area contributed by atoms with Crippen LogP contribution in [0.15, 0.2) is 18.2 Å². The van der Waals surface area contributed by atoms with Gasteiger partial charge in [-0.2, -0.15) is 0 Å². The van der Waals surface area contributed by atoms with Crippen LogP contribution >= 0.6 is 0 Å². The van der Waals surface area contributed by atoms with Crippen LogP contribution in [0.1, 0.15) is 37.2 Å². The summed E-state index contributed by atoms with van der Waals surface area (Å²) < 4.78 is 29.0. The third kappa shape index (κ3) is 2.10. The molecule has 2 bridgehead atoms. The highest BCUT2D eigenvalue weighted by molar-refractivity contribution is 5.84. The summed E-state index contributed by atoms with van der Waals surface area (Å²) in [5, 5.41) is 10.4. The van der Waals surface area contributed by atoms with Gasteiger partial charge in [0.05, 0.1) is 26.4 Å². The highest BCUT2D eigenvalue weighted by Gasteiger charge is 2.47. The minimum absolute atomic E-state index is 0.0936. The normalized spacial score (nSPS) is 27.0. The molecule has 2 unspecified atom stereocenters. The van der Waals surface area contributed by atoms with E-state index in [-0.39, 0.29) is 24.8 Å². The van der Waals surface area contributed by atoms with Gasteiger partial charge in [-0.15, -0.1) is 0 Å². The SMILES string of the molecule is COc1cc2c(cc1O)[C@H]1O[C@@H](c3cc4c(c(OC)c3-2)OCO4)C(C)C1C. The fourth-order valence-electron chi connectivity index (χ4n) is 4.60. The molecule has 1 saturated heterocycles. The van der Waals surface area contributed by atoms with E-state index < -0.39 is 0 Å². The molecule has 1 fully saturated rings. The summed E-state index contributed by atoms with van der Waals surface area (Å²) in [6, 6.07) is 5.62. The second kappa shape index (κ2) is 5.70. The van der Waals surface area contributed by atoms with Crippen molar-refractivity contribution in [1.29, 1.82) is 0 Å². The lowest BCUT2D eigenvalue weighted by Gasteiger charge is -2.25. The number of phenols is 1. The molecule has 0 aromatic heterocycles. The predicted octanol–water partition coefficient (Wildman–Crippen LogP) is 4.20. The Balaban J connectivity index is 1.89. The van der Waals surface area contributed by atoms with Crippen molar-refractivity contribution in [3.05, 3.63) is 29.3 Å². The van der Waals surface area contributed by atoms with E-state index in [0.717, 1.165) is 22.3 Å². The van der Waals surface area contributed by atoms with Crippen LogP contribution < -0.4 is 18.9 Å². The molecule has 0 spiro atoms. The smallest absolute Gasteiger partial charge is 0.231 e. The van der Waals surface area contributed by atoms with Crippen molar-refractivity contribution in [3.8, 4) is 39.9 Å². The lowest BCUT2D eigenvalue weighted by molar-refractivity contribution is 0.0313. The number of rotatable bonds is 2. The highest BCUT2D eigenvalue weighted by Crippen LogP contribution is 2.61. The Morgan fingerprint density at radius 3 is 2.41 bits per heavy atom. The van der Waals surface area contributed by atoms with Gasteiger partial charge in [-0.1, -0.05) is 13.8 Å². The summed E-state index contributed by atoms with van der Waals surface area (Å²) in [5.74, 6) is 3.02. The van der Waals surface area contributed by atoms with Crippen LogP contribution in [-0.4, -0.2) is 26.1 Å². The van der Waals surface area contributed by atoms with Crippen molar-refractivity contribution < 1.29 is 28.8 Å². The molecule has 0 radical (unpaired) electrons. The van der Waals surface area contributed by atoms with Crippen LogP contribution in [0.5, 0.6) is 28.7 Å². The maximum atomic E-state index is 10.4. The standard InChI is InChI=1S/C21H22O6/c1-9-10(2)19-13-7-16-20(26-8-25-16)21(24-4)17(13)11-6-15(23-3)14(22)5-12(11)18(9)27-19/h5-7,9-10,18-19,22H,8H2,1-4H3/t9?,10?,18-,19+/m0/s1. The van der Waals surface area contributed by atoms with Crippen LogP contribution in [-0.2, 0) is 4.74 Å². The summed E-state index contributed by atoms with van der Waals surface area (Å²) in [6.45, 7) is 4.56. The van der Waals surface area contributed by atoms with Crippen LogP contribution in [0.3, 0.4) is 0 Å². The summed E-state index contributed by atoms with van der Waals surface area (Å²) >= 11 is 0. The maximum Gasteiger partial charge on any atom is 0.231 e. The number of benzene rings is 2. The third-order valence-corrected chi connectivity index (χ3v) is 6.17. The van der Waals surface area contributed by atoms with E-state index >= 15 is 0 Å². The molecule has 3 aliphatic rings. The minimum Gasteiger partial charge on any atom is -0.504 e. The van der Waals surface area contributed by atoms with E-state index in [0.29, 0.717) is 34.8 Å². The molecule has 5 rings (SSSR count). The van der Waals surface area contributed by atoms with E-state index in [2.05, 4.69) is 13.8 Å². The van der Waals surface area contributed by atoms with Crippen LogP contribution in [0, 0.1) is 11.8 Å². The van der Waals surface area contributed by atoms with Crippen molar-refractivity contribution in [2.45, 2.75) is 26.1 Å². The zero-order valence-electron chi connectivity index (χ0n) is 15.7. The number of methoxy groups -OCH3 is 2. The van der Waals surface area contributed by atoms with Crippen molar-refractivity contribution in [2.75, 3.05) is 21.0 Å². The number of fused-ring (bicyclic) bond motifs is 8. The van der Waals surface area contributed by atoms with Crippen LogP contribution in [0.2, 0.25) is 0 Å². The van der Waals surface area contributed by atoms with Gasteiger partial charge in [0.2, 0.25) is 12.5 Å². The van der Waals surface area contributed by atoms with Gasteiger partial charge >= 0.3 is 0 Å². The second-order valence-corrected chi connectivity index (χ2v) is 7.41. The Kier molecular flexibility index (Phi) is 3.49. The maximum absolute atomic E-state index is 10.4. The number of phenolic OH excluding ortho intramolecular Hbond substituents is 1. The minimum atomic E-state index is -0.120. The van der Waals surface area contributed by atoms with E-state index in [1.807, 2.05) is 12.1 Å². The van der Waals surface area contributed by atoms with E-state index in [9.17, 15) is 5.11 Å². The second-order valence-electron chi connectivity index (χ2n) is 7.41. The Labute approximate surface area is 157 Å². The lowest BCUT2D eigenvalue weighted by Crippen LogP contribution is -2.14. The van der Waals surface area contributed by atoms with Gasteiger partial charge in [0.25, 0.3) is 0 Å². The number of hydrogen-bond donors (Lipinski definition) is 1. The molecule has 6 nitrogen and oxygen atoms in total. The van der Waals surface area contributed by atoms with Crippen molar-refractivity contribution in [1.82, 2.24) is 0 Å². The fourth-order valence-corrected chi connectivity index (χ4v) is 4.60. The topological polar surface area (TPSA) is 66.4 Å². The van der Waals surface area contributed by atoms with Crippen molar-refractivity contribution in [2.24, 2.45) is 11.8 Å². The molecule has 0 saturated carbocycles. The molecular formula is C21H22O6. The van der Waals surface area contributed by atoms with E-state index in [4.69, 9.17) is 23.7 Å². The summed E-state index contributed by atoms with van der Waals surface area (Å²) in [4.78, 5) is 0. The molecule has 3 aliphatic heterocycles. The molecule has 2 aromatic carbocycles. The molecule has 3 heterocycles. The molecule has 142 valence electrons. The number of ether oxygens (including phenoxy) is 5. The quantitative estimate of drug-likeness (QED) is 0.854. The summed E-state index contributed by atoms with van der Waals surface area (Å²) in [5.41, 5.74) is 3.80. The van der Waals surface area contributed by atoms with Crippen molar-refractivity contribution >= 4 is 0 Å². The average molecular weight is 370 g/mol. The third-order valence-electron chi connectivity index (χ3n) is 6.17. The average Bonchev–Trinajstić information content (AvgIpc) is 3.21. The Morgan fingerprint density at radius 1 is 0.963 bits per heavy atom. The first-order chi connectivity index (χ1) is 13.0. The van der Waals surface area contributed by atoms with E-state index in [1.165, 1.54) is 0 Å². The Hall–Kier alpha value is -2.60. The first kappa shape index (κ1) is 16.6. The van der Waals surface area contributed by atoms with Crippen LogP contribution in [0.25, 0.3) is 11.1 Å². The van der Waals surface area contributed by atoms with Gasteiger partial charge in [-0.05, 0) is 46.7 Å². The van der Waals surface area contributed by atoms with Gasteiger partial charge in [-0.25, -0.2) is 0 Å². The van der Waals surface area contributed by atoms with Gasteiger partial charge in [-0.3, -0.25) is 0 Å². The zero-order valence-corrected chi connectivity index (χ0v) is 15.7. The first-order valence-corrected chi connectivity index (χ1v) is 9.12. The molecular weight excluding hydrogens is 348 g/mol. The molecule has 0 aliphatic carbocycles. The lowest BCUT2D eigenvalue weighted by atomic mass is 9.78. The Bertz CT molecular complexity index is 937. The molecule has 4 atom stereocenters. The predicted molar refractivity (Wildman–Crippen MR) is 97.7 cm³/mol. The molecule has 1 N–H and O–H groups in total. The van der Waals surface area contributed by atoms with Gasteiger partial charge in [0.15, 0.2) is 23.0 Å². The van der Waals surface area contributed by atoms with Gasteiger partial charge in [0, 0.05) is 5.56 Å². The number of hydrogen-bond acceptors (Lipinski definition) is 6. The summed E-state index contributed by atoms with van der Waals surface area (Å²) in [7, 11) is 3.17. The largest absolute Gasteiger partial charge is 0.504 e. The molecule has 27 heavy (non-hydrogen) atoms. The van der Waals surface area contributed by atoms with Crippen molar-refractivity contribution in [3.63, 3.8) is 0 Å². The molecule has 6 heteroatoms. The molecule has 0 amide bonds. The first-order valence-electron chi connectivity index (χ1n) is 9.12. The van der Waals surface area contributed by atoms with Gasteiger partial charge < -0.3 is 28.8 Å². The monoisotopic (exact) mass is 370 g/mol. The number of aromatic hydroxyl groups is 1. The molecule has 2 aromatic rings. The van der Waals surface area contributed by atoms with Crippen LogP contribution in [0.4, 0.5) is 0 Å². The van der Waals surface area contributed by atoms with Gasteiger partial charge in [0.1, 0.15) is 0 Å².